The Balaban J connectivity index is -0.000000231. The maximum absolute atomic E-state index is 10.7. The predicted molar refractivity (Wildman–Crippen MR) is 285 cm³/mol. The first-order chi connectivity index (χ1) is 38.9. The second kappa shape index (κ2) is 43.6. The molecule has 2 radical (unpaired) electrons. The molecule has 8 heterocycles. The van der Waals surface area contributed by atoms with Crippen LogP contribution in [0.2, 0.25) is 0 Å². The van der Waals surface area contributed by atoms with E-state index in [2.05, 4.69) is 48.2 Å². The molecule has 8 aromatic rings. The van der Waals surface area contributed by atoms with Gasteiger partial charge in [0.05, 0.1) is 22.8 Å². The Bertz CT molecular complexity index is 3130. The number of nitrogens with one attached hydrogen (secondary N) is 2. The first kappa shape index (κ1) is 83.4. The number of hydrogen-bond acceptors (Lipinski definition) is 24. The summed E-state index contributed by atoms with van der Waals surface area (Å²) in [6.45, 7) is 3.10. The smallest absolute Gasteiger partial charge is 0.542 e. The van der Waals surface area contributed by atoms with Crippen LogP contribution in [0.4, 0.5) is 0 Å². The van der Waals surface area contributed by atoms with Crippen LogP contribution < -0.4 is 42.6 Å². The molecule has 0 aliphatic heterocycles. The van der Waals surface area contributed by atoms with Gasteiger partial charge in [-0.1, -0.05) is 24.3 Å². The van der Waals surface area contributed by atoms with Crippen molar-refractivity contribution < 1.29 is 156 Å². The Morgan fingerprint density at radius 3 is 0.659 bits per heavy atom. The summed E-state index contributed by atoms with van der Waals surface area (Å²) < 4.78 is 17.4. The van der Waals surface area contributed by atoms with Crippen LogP contribution >= 0.6 is 0 Å². The maximum atomic E-state index is 10.7. The van der Waals surface area contributed by atoms with Gasteiger partial charge in [0, 0.05) is 134 Å². The molecule has 0 aromatic carbocycles. The summed E-state index contributed by atoms with van der Waals surface area (Å²) >= 11 is 0. The number of rotatable bonds is 16. The summed E-state index contributed by atoms with van der Waals surface area (Å²) in [6.07, 6.45) is 7.21. The SMILES string of the molecule is O.O.O.O.O=C(O)c1cc(=O)cc(C(=O)O)o1.O=C(O)c1cc(=O)cc(C(=O)O)o1.O=C([O-])c1cc(=O)cc(C(=O)O)o1.O=C([O-])c1cc(=O)cc(C(=O)O)o1.[Cu].[Cu].[H+].[H+].c1ccc(CNCc2ccccn2)nc1.c1ccc(CNCc2ccccn2)nc1. The molecule has 0 atom stereocenters. The molecule has 0 amide bonds. The molecule has 16 N–H and O–H groups in total. The van der Waals surface area contributed by atoms with Gasteiger partial charge in [-0.25, -0.2) is 28.8 Å². The Labute approximate surface area is 514 Å². The number of carboxylic acids is 8. The molecule has 88 heavy (non-hydrogen) atoms. The molecule has 0 spiro atoms. The van der Waals surface area contributed by atoms with Gasteiger partial charge in [0.25, 0.3) is 0 Å². The minimum absolute atomic E-state index is 0. The fourth-order valence-corrected chi connectivity index (χ4v) is 5.39. The Morgan fingerprint density at radius 2 is 0.511 bits per heavy atom. The Morgan fingerprint density at radius 1 is 0.341 bits per heavy atom. The molecule has 0 aliphatic carbocycles. The Hall–Kier alpha value is -11.0. The number of carbonyl (C=O) groups excluding carboxylic acids is 2. The first-order valence-corrected chi connectivity index (χ1v) is 22.4. The molecule has 0 saturated heterocycles. The third-order valence-corrected chi connectivity index (χ3v) is 8.86. The van der Waals surface area contributed by atoms with Gasteiger partial charge >= 0.3 is 38.7 Å². The zero-order valence-electron chi connectivity index (χ0n) is 46.1. The summed E-state index contributed by atoms with van der Waals surface area (Å²) in [5.74, 6) is -18.3. The molecule has 34 nitrogen and oxygen atoms in total. The van der Waals surface area contributed by atoms with Crippen molar-refractivity contribution in [3.8, 4) is 0 Å². The molecule has 0 bridgehead atoms. The topological polar surface area (TPSA) is 627 Å². The van der Waals surface area contributed by atoms with Crippen molar-refractivity contribution in [2.45, 2.75) is 26.2 Å². The van der Waals surface area contributed by atoms with Gasteiger partial charge in [-0.15, -0.1) is 0 Å². The molecule has 0 saturated carbocycles. The van der Waals surface area contributed by atoms with Gasteiger partial charge in [-0.2, -0.15) is 0 Å². The third-order valence-electron chi connectivity index (χ3n) is 8.86. The van der Waals surface area contributed by atoms with Gasteiger partial charge in [0.2, 0.25) is 34.6 Å². The van der Waals surface area contributed by atoms with Crippen LogP contribution in [0, 0.1) is 0 Å². The number of nitrogens with zero attached hydrogens (tertiary/aromatic N) is 4. The standard InChI is InChI=1S/2C12H13N3.4C7H4O6.2Cu.4H2O/c2*1-3-7-14-11(5-1)9-13-10-12-6-2-4-8-15-12;4*8-3-1-4(6(9)10)13-5(2-3)7(11)12;;;;;;/h2*1-8,13H,9-10H2;4*1-2H,(H,9,10)(H,11,12);;;4*1H2. The van der Waals surface area contributed by atoms with Crippen LogP contribution in [0.3, 0.4) is 0 Å². The van der Waals surface area contributed by atoms with Gasteiger partial charge in [-0.3, -0.25) is 39.1 Å². The second-order valence-corrected chi connectivity index (χ2v) is 15.0. The zero-order chi connectivity index (χ0) is 60.7. The monoisotopic (exact) mass is 1330 g/mol. The van der Waals surface area contributed by atoms with Gasteiger partial charge in [0.15, 0.2) is 33.2 Å². The number of carboxylic acid groups (broad SMARTS) is 8. The summed E-state index contributed by atoms with van der Waals surface area (Å²) in [5.41, 5.74) is 1.23. The van der Waals surface area contributed by atoms with Crippen molar-refractivity contribution in [2.24, 2.45) is 0 Å². The summed E-state index contributed by atoms with van der Waals surface area (Å²) in [5, 5.41) is 77.3. The third kappa shape index (κ3) is 32.1. The number of aromatic nitrogens is 4. The quantitative estimate of drug-likeness (QED) is 0.0482. The number of pyridine rings is 4. The van der Waals surface area contributed by atoms with Crippen LogP contribution in [-0.4, -0.2) is 120 Å². The van der Waals surface area contributed by atoms with Crippen molar-refractivity contribution >= 4 is 47.8 Å². The summed E-state index contributed by atoms with van der Waals surface area (Å²) in [7, 11) is 0. The van der Waals surface area contributed by atoms with Gasteiger partial charge < -0.3 is 101 Å². The molecule has 0 fully saturated rings. The van der Waals surface area contributed by atoms with E-state index in [-0.39, 0.29) is 58.9 Å². The average Bonchev–Trinajstić information content (AvgIpc) is 1.62. The minimum Gasteiger partial charge on any atom is -0.542 e. The van der Waals surface area contributed by atoms with Crippen LogP contribution in [-0.2, 0) is 60.3 Å². The number of aromatic carboxylic acids is 8. The Kier molecular flexibility index (Phi) is 41.3. The molecule has 0 aliphatic rings. The van der Waals surface area contributed by atoms with Crippen molar-refractivity contribution in [1.29, 1.82) is 0 Å². The molecule has 8 aromatic heterocycles. The van der Waals surface area contributed by atoms with E-state index in [0.717, 1.165) is 49.0 Å². The molecule has 0 unspecified atom stereocenters. The van der Waals surface area contributed by atoms with Gasteiger partial charge in [-0.05, 0) is 48.5 Å². The van der Waals surface area contributed by atoms with E-state index in [0.29, 0.717) is 48.5 Å². The van der Waals surface area contributed by atoms with Crippen molar-refractivity contribution in [1.82, 2.24) is 30.6 Å². The van der Waals surface area contributed by atoms with Crippen LogP contribution in [0.1, 0.15) is 110 Å². The van der Waals surface area contributed by atoms with E-state index < -0.39 is 116 Å². The van der Waals surface area contributed by atoms with E-state index in [1.165, 1.54) is 0 Å². The molecular weight excluding hydrogens is 1280 g/mol. The number of carbonyl (C=O) groups is 8. The van der Waals surface area contributed by atoms with Crippen molar-refractivity contribution in [3.63, 3.8) is 0 Å². The van der Waals surface area contributed by atoms with Crippen LogP contribution in [0.15, 0.2) is 183 Å². The van der Waals surface area contributed by atoms with E-state index >= 15 is 0 Å². The van der Waals surface area contributed by atoms with Crippen LogP contribution in [0.5, 0.6) is 0 Å². The fraction of sp³-hybridized carbons (Fsp3) is 0.0769. The van der Waals surface area contributed by atoms with E-state index in [4.69, 9.17) is 30.6 Å². The zero-order valence-corrected chi connectivity index (χ0v) is 46.0. The fourth-order valence-electron chi connectivity index (χ4n) is 5.39. The van der Waals surface area contributed by atoms with Crippen molar-refractivity contribution in [2.75, 3.05) is 0 Å². The maximum Gasteiger partial charge on any atom is 1.00 e. The minimum atomic E-state index is -1.74. The predicted octanol–water partition coefficient (Wildman–Crippen LogP) is -2.07. The van der Waals surface area contributed by atoms with E-state index in [1.54, 1.807) is 24.8 Å². The van der Waals surface area contributed by atoms with Crippen molar-refractivity contribution in [3.05, 3.63) is 256 Å². The molecular formula is C52H50Cu2N6O28. The average molecular weight is 1330 g/mol. The van der Waals surface area contributed by atoms with Crippen LogP contribution in [0.25, 0.3) is 0 Å². The second-order valence-electron chi connectivity index (χ2n) is 15.0. The van der Waals surface area contributed by atoms with Gasteiger partial charge in [0.1, 0.15) is 11.9 Å². The largest absolute Gasteiger partial charge is 1.00 e. The van der Waals surface area contributed by atoms with E-state index in [9.17, 15) is 67.7 Å². The molecule has 8 rings (SSSR count). The normalized spacial score (nSPS) is 9.09. The summed E-state index contributed by atoms with van der Waals surface area (Å²) in [4.78, 5) is 142. The molecule has 478 valence electrons. The first-order valence-electron chi connectivity index (χ1n) is 22.4. The van der Waals surface area contributed by atoms with E-state index in [1.807, 2.05) is 72.8 Å². The molecule has 36 heteroatoms. The summed E-state index contributed by atoms with van der Waals surface area (Å²) in [6, 6.07) is 29.1. The number of hydrogen-bond donors (Lipinski definition) is 8.